The number of hydrogen-bond acceptors (Lipinski definition) is 5. The molecule has 2 bridgehead atoms. The highest BCUT2D eigenvalue weighted by molar-refractivity contribution is 6.42. The van der Waals surface area contributed by atoms with Crippen LogP contribution in [0.1, 0.15) is 54.4 Å². The molecule has 3 aromatic rings. The fourth-order valence-electron chi connectivity index (χ4n) is 6.76. The predicted octanol–water partition coefficient (Wildman–Crippen LogP) is 5.78. The summed E-state index contributed by atoms with van der Waals surface area (Å²) < 4.78 is 5.39. The highest BCUT2D eigenvalue weighted by Gasteiger charge is 2.63. The number of anilines is 1. The van der Waals surface area contributed by atoms with Crippen LogP contribution in [0.4, 0.5) is 5.69 Å². The van der Waals surface area contributed by atoms with E-state index in [0.717, 1.165) is 27.2 Å². The van der Waals surface area contributed by atoms with Crippen molar-refractivity contribution in [2.24, 2.45) is 17.8 Å². The molecule has 3 amide bonds. The van der Waals surface area contributed by atoms with Crippen LogP contribution < -0.4 is 5.32 Å². The average Bonchev–Trinajstić information content (AvgIpc) is 3.22. The van der Waals surface area contributed by atoms with E-state index in [1.807, 2.05) is 62.4 Å². The van der Waals surface area contributed by atoms with Gasteiger partial charge in [0.2, 0.25) is 11.8 Å². The summed E-state index contributed by atoms with van der Waals surface area (Å²) >= 11 is 11.9. The third kappa shape index (κ3) is 4.61. The zero-order chi connectivity index (χ0) is 29.0. The fourth-order valence-corrected chi connectivity index (χ4v) is 7.06. The van der Waals surface area contributed by atoms with E-state index in [4.69, 9.17) is 27.9 Å². The highest BCUT2D eigenvalue weighted by atomic mass is 35.5. The second-order valence-electron chi connectivity index (χ2n) is 11.2. The fraction of sp³-hybridized carbons (Fsp3) is 0.312. The van der Waals surface area contributed by atoms with Crippen LogP contribution in [-0.2, 0) is 23.9 Å². The van der Waals surface area contributed by atoms with Crippen LogP contribution in [-0.4, -0.2) is 41.2 Å². The summed E-state index contributed by atoms with van der Waals surface area (Å²) in [5.41, 5.74) is 4.62. The Morgan fingerprint density at radius 1 is 0.829 bits per heavy atom. The molecule has 9 heteroatoms. The van der Waals surface area contributed by atoms with Crippen molar-refractivity contribution in [2.45, 2.75) is 38.1 Å². The molecule has 1 saturated heterocycles. The summed E-state index contributed by atoms with van der Waals surface area (Å²) in [5.74, 6) is -3.85. The van der Waals surface area contributed by atoms with Crippen LogP contribution in [0.25, 0.3) is 0 Å². The summed E-state index contributed by atoms with van der Waals surface area (Å²) in [6.45, 7) is 3.23. The summed E-state index contributed by atoms with van der Waals surface area (Å²) in [5, 5.41) is 3.21. The number of benzene rings is 3. The van der Waals surface area contributed by atoms with E-state index in [1.165, 1.54) is 12.1 Å². The second kappa shape index (κ2) is 10.6. The van der Waals surface area contributed by atoms with Gasteiger partial charge in [-0.15, -0.1) is 0 Å². The lowest BCUT2D eigenvalue weighted by atomic mass is 9.55. The van der Waals surface area contributed by atoms with E-state index in [-0.39, 0.29) is 41.0 Å². The molecule has 210 valence electrons. The zero-order valence-electron chi connectivity index (χ0n) is 22.5. The molecule has 0 unspecified atom stereocenters. The number of nitrogens with one attached hydrogen (secondary N) is 1. The molecular weight excluding hydrogens is 563 g/mol. The van der Waals surface area contributed by atoms with Crippen LogP contribution in [0, 0.1) is 17.8 Å². The minimum atomic E-state index is -1.14. The number of carbonyl (C=O) groups excluding carboxylic acids is 4. The molecule has 1 heterocycles. The molecule has 0 aromatic heterocycles. The largest absolute Gasteiger partial charge is 0.454 e. The lowest BCUT2D eigenvalue weighted by Crippen LogP contribution is -2.47. The third-order valence-electron chi connectivity index (χ3n) is 8.31. The molecule has 3 atom stereocenters. The first-order chi connectivity index (χ1) is 19.7. The van der Waals surface area contributed by atoms with Gasteiger partial charge in [-0.05, 0) is 52.8 Å². The Labute approximate surface area is 247 Å². The van der Waals surface area contributed by atoms with Crippen molar-refractivity contribution in [3.05, 3.63) is 99.0 Å². The monoisotopic (exact) mass is 590 g/mol. The maximum atomic E-state index is 14.1. The molecule has 3 aromatic carbocycles. The Morgan fingerprint density at radius 2 is 1.34 bits per heavy atom. The number of likely N-dealkylation sites (tertiary alicyclic amines) is 1. The lowest BCUT2D eigenvalue weighted by Gasteiger charge is -2.45. The van der Waals surface area contributed by atoms with Crippen molar-refractivity contribution in [3.63, 3.8) is 0 Å². The molecule has 1 fully saturated rings. The van der Waals surface area contributed by atoms with Crippen molar-refractivity contribution in [1.29, 1.82) is 0 Å². The molecule has 0 radical (unpaired) electrons. The first kappa shape index (κ1) is 27.5. The molecule has 4 aliphatic rings. The number of amides is 3. The quantitative estimate of drug-likeness (QED) is 0.278. The molecular formula is C32H28Cl2N2O5. The van der Waals surface area contributed by atoms with E-state index in [2.05, 4.69) is 5.32 Å². The third-order valence-corrected chi connectivity index (χ3v) is 9.05. The number of imide groups is 1. The van der Waals surface area contributed by atoms with Crippen molar-refractivity contribution in [1.82, 2.24) is 4.90 Å². The van der Waals surface area contributed by atoms with Crippen molar-refractivity contribution < 1.29 is 23.9 Å². The van der Waals surface area contributed by atoms with Gasteiger partial charge in [0.25, 0.3) is 5.91 Å². The number of ether oxygens (including phenoxy) is 1. The van der Waals surface area contributed by atoms with Gasteiger partial charge in [-0.3, -0.25) is 19.3 Å². The first-order valence-electron chi connectivity index (χ1n) is 13.6. The highest BCUT2D eigenvalue weighted by Crippen LogP contribution is 2.61. The van der Waals surface area contributed by atoms with Crippen molar-refractivity contribution in [3.8, 4) is 0 Å². The number of carbonyl (C=O) groups is 4. The Morgan fingerprint density at radius 3 is 1.80 bits per heavy atom. The van der Waals surface area contributed by atoms with E-state index in [0.29, 0.717) is 10.7 Å². The number of nitrogens with zero attached hydrogens (tertiary/aromatic N) is 1. The van der Waals surface area contributed by atoms with Crippen LogP contribution in [0.5, 0.6) is 0 Å². The van der Waals surface area contributed by atoms with Crippen LogP contribution >= 0.6 is 23.2 Å². The van der Waals surface area contributed by atoms with Gasteiger partial charge in [0.1, 0.15) is 6.04 Å². The van der Waals surface area contributed by atoms with E-state index in [1.54, 1.807) is 6.07 Å². The molecule has 1 N–H and O–H groups in total. The predicted molar refractivity (Wildman–Crippen MR) is 155 cm³/mol. The summed E-state index contributed by atoms with van der Waals surface area (Å²) in [4.78, 5) is 55.4. The normalized spacial score (nSPS) is 22.7. The SMILES string of the molecule is CC(C)C[C@H](C(=O)OCC(=O)Nc1ccc(Cl)c(Cl)c1)N1C(=O)[C@@H]2C3c4ccccc4C(c4ccccc43)[C@@H]2C1=O. The minimum Gasteiger partial charge on any atom is -0.454 e. The van der Waals surface area contributed by atoms with E-state index >= 15 is 0 Å². The molecule has 1 aliphatic heterocycles. The molecule has 0 saturated carbocycles. The summed E-state index contributed by atoms with van der Waals surface area (Å²) in [7, 11) is 0. The standard InChI is InChI=1S/C32H28Cl2N2O5/c1-16(2)13-24(32(40)41-15-25(37)35-17-11-12-22(33)23(34)14-17)36-30(38)28-26-18-7-3-4-8-19(18)27(29(28)31(36)39)21-10-6-5-9-20(21)26/h3-12,14,16,24,26-29H,13,15H2,1-2H3,(H,35,37)/t24-,26?,27?,28-,29+/m1/s1. The van der Waals surface area contributed by atoms with Gasteiger partial charge in [0.05, 0.1) is 21.9 Å². The zero-order valence-corrected chi connectivity index (χ0v) is 24.0. The summed E-state index contributed by atoms with van der Waals surface area (Å²) in [6.07, 6.45) is 0.222. The van der Waals surface area contributed by atoms with Gasteiger partial charge in [-0.25, -0.2) is 4.79 Å². The topological polar surface area (TPSA) is 92.8 Å². The first-order valence-corrected chi connectivity index (χ1v) is 14.4. The molecule has 41 heavy (non-hydrogen) atoms. The maximum Gasteiger partial charge on any atom is 0.329 e. The van der Waals surface area contributed by atoms with E-state index in [9.17, 15) is 19.2 Å². The number of halogens is 2. The smallest absolute Gasteiger partial charge is 0.329 e. The van der Waals surface area contributed by atoms with Gasteiger partial charge in [-0.1, -0.05) is 85.6 Å². The molecule has 0 spiro atoms. The Balaban J connectivity index is 1.26. The van der Waals surface area contributed by atoms with Crippen LogP contribution in [0.15, 0.2) is 66.7 Å². The Kier molecular flexibility index (Phi) is 7.12. The lowest BCUT2D eigenvalue weighted by molar-refractivity contribution is -0.160. The molecule has 7 nitrogen and oxygen atoms in total. The average molecular weight is 591 g/mol. The molecule has 7 rings (SSSR count). The number of rotatable bonds is 7. The number of hydrogen-bond donors (Lipinski definition) is 1. The summed E-state index contributed by atoms with van der Waals surface area (Å²) in [6, 6.07) is 19.4. The molecule has 3 aliphatic carbocycles. The van der Waals surface area contributed by atoms with Crippen LogP contribution in [0.3, 0.4) is 0 Å². The van der Waals surface area contributed by atoms with Crippen LogP contribution in [0.2, 0.25) is 10.0 Å². The van der Waals surface area contributed by atoms with E-state index < -0.39 is 36.4 Å². The maximum absolute atomic E-state index is 14.1. The van der Waals surface area contributed by atoms with Gasteiger partial charge >= 0.3 is 5.97 Å². The van der Waals surface area contributed by atoms with Gasteiger partial charge in [0, 0.05) is 17.5 Å². The Bertz CT molecular complexity index is 1470. The second-order valence-corrected chi connectivity index (χ2v) is 12.1. The minimum absolute atomic E-state index is 0.0214. The van der Waals surface area contributed by atoms with Crippen molar-refractivity contribution >= 4 is 52.6 Å². The van der Waals surface area contributed by atoms with Crippen molar-refractivity contribution in [2.75, 3.05) is 11.9 Å². The van der Waals surface area contributed by atoms with Gasteiger partial charge in [-0.2, -0.15) is 0 Å². The number of esters is 1. The Hall–Kier alpha value is -3.68. The van der Waals surface area contributed by atoms with Gasteiger partial charge in [0.15, 0.2) is 6.61 Å². The van der Waals surface area contributed by atoms with Gasteiger partial charge < -0.3 is 10.1 Å².